The van der Waals surface area contributed by atoms with E-state index in [4.69, 9.17) is 10.7 Å². The number of carbonyl (C=O) groups excluding carboxylic acids is 3. The topological polar surface area (TPSA) is 175 Å². The fraction of sp³-hybridized carbons (Fsp3) is 0.385. The van der Waals surface area contributed by atoms with Gasteiger partial charge in [0, 0.05) is 29.6 Å². The Labute approximate surface area is 302 Å². The van der Waals surface area contributed by atoms with Crippen LogP contribution in [0.1, 0.15) is 70.2 Å². The Balaban J connectivity index is 1.03. The Morgan fingerprint density at radius 1 is 0.808 bits per heavy atom. The molecule has 5 N–H and O–H groups in total. The monoisotopic (exact) mass is 703 g/mol. The quantitative estimate of drug-likeness (QED) is 0.150. The molecule has 270 valence electrons. The third-order valence-corrected chi connectivity index (χ3v) is 10.3. The number of alkyl carbamates (subject to hydrolysis) is 1. The van der Waals surface area contributed by atoms with Gasteiger partial charge in [-0.25, -0.2) is 19.7 Å². The molecule has 0 bridgehead atoms. The third kappa shape index (κ3) is 6.88. The highest BCUT2D eigenvalue weighted by atomic mass is 16.5. The minimum absolute atomic E-state index is 0.0168. The van der Waals surface area contributed by atoms with Gasteiger partial charge in [0.25, 0.3) is 0 Å². The second kappa shape index (κ2) is 14.6. The molecule has 13 heteroatoms. The van der Waals surface area contributed by atoms with E-state index in [9.17, 15) is 14.4 Å². The zero-order valence-electron chi connectivity index (χ0n) is 29.9. The number of aromatic amines is 2. The van der Waals surface area contributed by atoms with Crippen LogP contribution in [-0.4, -0.2) is 84.9 Å². The summed E-state index contributed by atoms with van der Waals surface area (Å²) in [6.45, 7) is 6.89. The first-order valence-corrected chi connectivity index (χ1v) is 17.9. The van der Waals surface area contributed by atoms with Gasteiger partial charge >= 0.3 is 6.09 Å². The molecule has 3 amide bonds. The maximum atomic E-state index is 13.1. The number of aromatic nitrogens is 5. The Morgan fingerprint density at radius 3 is 2.00 bits per heavy atom. The highest BCUT2D eigenvalue weighted by molar-refractivity contribution is 5.87. The molecule has 52 heavy (non-hydrogen) atoms. The molecule has 2 aliphatic heterocycles. The molecular formula is C39H45N9O4. The first-order chi connectivity index (χ1) is 25.1. The average molecular weight is 704 g/mol. The molecule has 2 aromatic carbocycles. The highest BCUT2D eigenvalue weighted by Gasteiger charge is 2.36. The molecular weight excluding hydrogens is 658 g/mol. The van der Waals surface area contributed by atoms with Crippen LogP contribution < -0.4 is 11.1 Å². The molecule has 3 aromatic heterocycles. The highest BCUT2D eigenvalue weighted by Crippen LogP contribution is 2.35. The molecule has 7 rings (SSSR count). The van der Waals surface area contributed by atoms with Crippen molar-refractivity contribution < 1.29 is 19.1 Å². The molecule has 13 nitrogen and oxygen atoms in total. The van der Waals surface area contributed by atoms with Crippen molar-refractivity contribution in [3.63, 3.8) is 0 Å². The number of benzene rings is 2. The molecule has 5 aromatic rings. The predicted octanol–water partition coefficient (Wildman–Crippen LogP) is 5.74. The standard InChI is InChI=1S/C39H45N9O4/c1-22(2)34(40)38(50)48-18-6-8-33(48)36-42-21-31(46-36)27-14-16-29-26(19-27)13-15-28(44-29)24-9-11-25(12-10-24)30-20-41-35(45-30)32-7-5-17-47(32)37(49)23(3)43-39(51)52-4/h9-16,19-23,32-34H,5-8,17-18,40H2,1-4H3,(H,41,45)(H,42,46)(H,43,51)/t23-,32-,33-,34-/m0/s1. The maximum Gasteiger partial charge on any atom is 0.407 e. The summed E-state index contributed by atoms with van der Waals surface area (Å²) < 4.78 is 4.65. The first-order valence-electron chi connectivity index (χ1n) is 17.9. The number of ether oxygens (including phenoxy) is 1. The van der Waals surface area contributed by atoms with E-state index in [-0.39, 0.29) is 29.8 Å². The van der Waals surface area contributed by atoms with Crippen LogP contribution in [0.2, 0.25) is 0 Å². The third-order valence-electron chi connectivity index (χ3n) is 10.3. The van der Waals surface area contributed by atoms with Gasteiger partial charge in [-0.15, -0.1) is 0 Å². The molecule has 0 saturated carbocycles. The zero-order valence-corrected chi connectivity index (χ0v) is 29.9. The number of fused-ring (bicyclic) bond motifs is 1. The smallest absolute Gasteiger partial charge is 0.407 e. The second-order valence-corrected chi connectivity index (χ2v) is 14.1. The number of nitrogens with two attached hydrogens (primary N) is 1. The van der Waals surface area contributed by atoms with E-state index in [1.165, 1.54) is 7.11 Å². The van der Waals surface area contributed by atoms with Gasteiger partial charge in [-0.3, -0.25) is 9.59 Å². The van der Waals surface area contributed by atoms with Crippen molar-refractivity contribution >= 4 is 28.8 Å². The van der Waals surface area contributed by atoms with Gasteiger partial charge in [0.2, 0.25) is 11.8 Å². The number of nitrogens with zero attached hydrogens (tertiary/aromatic N) is 5. The largest absolute Gasteiger partial charge is 0.453 e. The van der Waals surface area contributed by atoms with Gasteiger partial charge < -0.3 is 35.6 Å². The van der Waals surface area contributed by atoms with Gasteiger partial charge in [0.05, 0.1) is 60.2 Å². The number of rotatable bonds is 9. The number of methoxy groups -OCH3 is 1. The predicted molar refractivity (Wildman–Crippen MR) is 198 cm³/mol. The lowest BCUT2D eigenvalue weighted by atomic mass is 10.0. The molecule has 5 heterocycles. The van der Waals surface area contributed by atoms with Gasteiger partial charge in [0.1, 0.15) is 17.7 Å². The molecule has 4 atom stereocenters. The maximum absolute atomic E-state index is 13.1. The number of pyridine rings is 1. The Kier molecular flexibility index (Phi) is 9.78. The van der Waals surface area contributed by atoms with E-state index in [2.05, 4.69) is 42.1 Å². The van der Waals surface area contributed by atoms with Crippen LogP contribution in [0.15, 0.2) is 67.0 Å². The van der Waals surface area contributed by atoms with E-state index >= 15 is 0 Å². The molecule has 0 aliphatic carbocycles. The number of nitrogens with one attached hydrogen (secondary N) is 3. The zero-order chi connectivity index (χ0) is 36.5. The van der Waals surface area contributed by atoms with Crippen LogP contribution in [0.25, 0.3) is 44.7 Å². The number of H-pyrrole nitrogens is 2. The van der Waals surface area contributed by atoms with Crippen molar-refractivity contribution in [1.82, 2.24) is 40.0 Å². The first kappa shape index (κ1) is 34.9. The second-order valence-electron chi connectivity index (χ2n) is 14.1. The van der Waals surface area contributed by atoms with Crippen LogP contribution >= 0.6 is 0 Å². The normalized spacial score (nSPS) is 18.6. The fourth-order valence-electron chi connectivity index (χ4n) is 7.23. The summed E-state index contributed by atoms with van der Waals surface area (Å²) in [5.74, 6) is 1.40. The van der Waals surface area contributed by atoms with Crippen LogP contribution in [0, 0.1) is 5.92 Å². The number of likely N-dealkylation sites (tertiary alicyclic amines) is 2. The average Bonchev–Trinajstić information content (AvgIpc) is 4.00. The summed E-state index contributed by atoms with van der Waals surface area (Å²) in [7, 11) is 1.27. The molecule has 2 fully saturated rings. The van der Waals surface area contributed by atoms with E-state index in [1.807, 2.05) is 67.4 Å². The fourth-order valence-corrected chi connectivity index (χ4v) is 7.23. The molecule has 2 saturated heterocycles. The Morgan fingerprint density at radius 2 is 1.38 bits per heavy atom. The van der Waals surface area contributed by atoms with Gasteiger partial charge in [-0.1, -0.05) is 50.2 Å². The number of carbonyl (C=O) groups is 3. The Bertz CT molecular complexity index is 2090. The van der Waals surface area contributed by atoms with Crippen molar-refractivity contribution in [3.8, 4) is 33.8 Å². The minimum atomic E-state index is -0.701. The summed E-state index contributed by atoms with van der Waals surface area (Å²) in [4.78, 5) is 62.6. The number of imidazole rings is 2. The van der Waals surface area contributed by atoms with E-state index < -0.39 is 18.2 Å². The van der Waals surface area contributed by atoms with Crippen LogP contribution in [0.3, 0.4) is 0 Å². The van der Waals surface area contributed by atoms with Crippen LogP contribution in [0.5, 0.6) is 0 Å². The van der Waals surface area contributed by atoms with Crippen LogP contribution in [-0.2, 0) is 14.3 Å². The Hall–Kier alpha value is -5.56. The lowest BCUT2D eigenvalue weighted by Crippen LogP contribution is -2.46. The van der Waals surface area contributed by atoms with Crippen molar-refractivity contribution in [2.24, 2.45) is 11.7 Å². The van der Waals surface area contributed by atoms with E-state index in [0.717, 1.165) is 82.0 Å². The molecule has 0 radical (unpaired) electrons. The summed E-state index contributed by atoms with van der Waals surface area (Å²) in [5, 5.41) is 3.57. The minimum Gasteiger partial charge on any atom is -0.453 e. The van der Waals surface area contributed by atoms with Crippen molar-refractivity contribution in [3.05, 3.63) is 78.6 Å². The molecule has 0 spiro atoms. The van der Waals surface area contributed by atoms with E-state index in [0.29, 0.717) is 13.1 Å². The van der Waals surface area contributed by atoms with Crippen molar-refractivity contribution in [2.45, 2.75) is 70.6 Å². The number of hydrogen-bond acceptors (Lipinski definition) is 8. The summed E-state index contributed by atoms with van der Waals surface area (Å²) in [6, 6.07) is 16.9. The van der Waals surface area contributed by atoms with Gasteiger partial charge in [-0.2, -0.15) is 0 Å². The van der Waals surface area contributed by atoms with Crippen molar-refractivity contribution in [1.29, 1.82) is 0 Å². The SMILES string of the molecule is COC(=O)N[C@@H](C)C(=O)N1CCC[C@H]1c1ncc(-c2ccc(-c3ccc4cc(-c5cnc([C@@H]6CCCN6C(=O)[C@@H](N)C(C)C)[nH]5)ccc4n3)cc2)[nH]1. The summed E-state index contributed by atoms with van der Waals surface area (Å²) in [6.07, 6.45) is 6.42. The summed E-state index contributed by atoms with van der Waals surface area (Å²) >= 11 is 0. The van der Waals surface area contributed by atoms with Gasteiger partial charge in [-0.05, 0) is 62.3 Å². The molecule has 2 aliphatic rings. The lowest BCUT2D eigenvalue weighted by Gasteiger charge is -2.27. The number of hydrogen-bond donors (Lipinski definition) is 4. The molecule has 0 unspecified atom stereocenters. The van der Waals surface area contributed by atoms with Crippen LogP contribution in [0.4, 0.5) is 4.79 Å². The van der Waals surface area contributed by atoms with E-state index in [1.54, 1.807) is 18.0 Å². The van der Waals surface area contributed by atoms with Crippen molar-refractivity contribution in [2.75, 3.05) is 20.2 Å². The lowest BCUT2D eigenvalue weighted by molar-refractivity contribution is -0.135. The van der Waals surface area contributed by atoms with Gasteiger partial charge in [0.15, 0.2) is 0 Å². The summed E-state index contributed by atoms with van der Waals surface area (Å²) in [5.41, 5.74) is 12.6. The number of amides is 3.